The maximum atomic E-state index is 12.8. The first-order valence-electron chi connectivity index (χ1n) is 12.4. The van der Waals surface area contributed by atoms with Crippen molar-refractivity contribution in [2.75, 3.05) is 11.9 Å². The Kier molecular flexibility index (Phi) is 7.50. The normalized spacial score (nSPS) is 10.7. The summed E-state index contributed by atoms with van der Waals surface area (Å²) in [5, 5.41) is 11.4. The van der Waals surface area contributed by atoms with Gasteiger partial charge in [-0.3, -0.25) is 4.79 Å². The molecule has 0 atom stereocenters. The van der Waals surface area contributed by atoms with Crippen molar-refractivity contribution < 1.29 is 24.2 Å². The van der Waals surface area contributed by atoms with Crippen LogP contribution >= 0.6 is 0 Å². The fourth-order valence-electron chi connectivity index (χ4n) is 4.17. The van der Waals surface area contributed by atoms with Gasteiger partial charge in [0.05, 0.1) is 17.7 Å². The molecule has 0 saturated heterocycles. The SMILES string of the molecule is CN(C(=O)Cc1ccc(Oc2ccc3cc(OCc4ccccc4)ccc3c2)nc1)c1ccccc1C(=O)O. The van der Waals surface area contributed by atoms with Gasteiger partial charge in [0.2, 0.25) is 11.8 Å². The van der Waals surface area contributed by atoms with Gasteiger partial charge in [-0.05, 0) is 58.3 Å². The largest absolute Gasteiger partial charge is 0.489 e. The Labute approximate surface area is 225 Å². The molecule has 0 bridgehead atoms. The number of anilines is 1. The van der Waals surface area contributed by atoms with Gasteiger partial charge in [-0.1, -0.05) is 60.7 Å². The minimum absolute atomic E-state index is 0.0709. The van der Waals surface area contributed by atoms with Crippen LogP contribution in [0.5, 0.6) is 17.4 Å². The molecule has 39 heavy (non-hydrogen) atoms. The Hall–Kier alpha value is -5.17. The number of carboxylic acids is 1. The van der Waals surface area contributed by atoms with Crippen LogP contribution in [0.25, 0.3) is 10.8 Å². The molecule has 1 heterocycles. The van der Waals surface area contributed by atoms with Gasteiger partial charge < -0.3 is 19.5 Å². The second-order valence-corrected chi connectivity index (χ2v) is 9.00. The summed E-state index contributed by atoms with van der Waals surface area (Å²) >= 11 is 0. The van der Waals surface area contributed by atoms with E-state index in [2.05, 4.69) is 4.98 Å². The Morgan fingerprint density at radius 1 is 0.795 bits per heavy atom. The minimum atomic E-state index is -1.08. The summed E-state index contributed by atoms with van der Waals surface area (Å²) in [6.45, 7) is 0.507. The number of aromatic carboxylic acids is 1. The van der Waals surface area contributed by atoms with Gasteiger partial charge in [0.25, 0.3) is 0 Å². The van der Waals surface area contributed by atoms with E-state index in [1.54, 1.807) is 43.6 Å². The molecule has 0 aliphatic carbocycles. The van der Waals surface area contributed by atoms with Crippen LogP contribution in [-0.2, 0) is 17.8 Å². The first kappa shape index (κ1) is 25.5. The number of amides is 1. The summed E-state index contributed by atoms with van der Waals surface area (Å²) in [5.74, 6) is 0.503. The van der Waals surface area contributed by atoms with Crippen molar-refractivity contribution >= 4 is 28.3 Å². The number of ether oxygens (including phenoxy) is 2. The fraction of sp³-hybridized carbons (Fsp3) is 0.0938. The summed E-state index contributed by atoms with van der Waals surface area (Å²) in [6, 6.07) is 31.6. The van der Waals surface area contributed by atoms with E-state index in [9.17, 15) is 14.7 Å². The topological polar surface area (TPSA) is 89.0 Å². The van der Waals surface area contributed by atoms with E-state index in [0.29, 0.717) is 29.5 Å². The maximum Gasteiger partial charge on any atom is 0.337 e. The lowest BCUT2D eigenvalue weighted by Crippen LogP contribution is -2.29. The number of carbonyl (C=O) groups is 2. The number of nitrogens with zero attached hydrogens (tertiary/aromatic N) is 2. The zero-order valence-electron chi connectivity index (χ0n) is 21.3. The summed E-state index contributed by atoms with van der Waals surface area (Å²) < 4.78 is 11.9. The molecule has 7 nitrogen and oxygen atoms in total. The molecular weight excluding hydrogens is 492 g/mol. The van der Waals surface area contributed by atoms with Gasteiger partial charge in [-0.2, -0.15) is 0 Å². The lowest BCUT2D eigenvalue weighted by atomic mass is 10.1. The van der Waals surface area contributed by atoms with E-state index in [1.807, 2.05) is 66.7 Å². The first-order chi connectivity index (χ1) is 19.0. The molecule has 0 spiro atoms. The third-order valence-electron chi connectivity index (χ3n) is 6.28. The Balaban J connectivity index is 1.21. The monoisotopic (exact) mass is 518 g/mol. The smallest absolute Gasteiger partial charge is 0.337 e. The van der Waals surface area contributed by atoms with E-state index < -0.39 is 5.97 Å². The van der Waals surface area contributed by atoms with E-state index >= 15 is 0 Å². The standard InChI is InChI=1S/C32H26N2O5/c1-34(29-10-6-5-9-28(29)32(36)37)31(35)17-23-11-16-30(33-20-23)39-27-15-13-24-18-26(14-12-25(24)19-27)38-21-22-7-3-2-4-8-22/h2-16,18-20H,17,21H2,1H3,(H,36,37). The fourth-order valence-corrected chi connectivity index (χ4v) is 4.17. The Morgan fingerprint density at radius 2 is 1.49 bits per heavy atom. The average molecular weight is 519 g/mol. The Morgan fingerprint density at radius 3 is 2.21 bits per heavy atom. The van der Waals surface area contributed by atoms with Crippen LogP contribution in [0.1, 0.15) is 21.5 Å². The number of carbonyl (C=O) groups excluding carboxylic acids is 1. The van der Waals surface area contributed by atoms with Crippen molar-refractivity contribution in [1.29, 1.82) is 0 Å². The van der Waals surface area contributed by atoms with Crippen molar-refractivity contribution in [1.82, 2.24) is 4.98 Å². The molecule has 1 amide bonds. The van der Waals surface area contributed by atoms with E-state index in [4.69, 9.17) is 9.47 Å². The van der Waals surface area contributed by atoms with E-state index in [1.165, 1.54) is 11.0 Å². The maximum absolute atomic E-state index is 12.8. The lowest BCUT2D eigenvalue weighted by Gasteiger charge is -2.19. The van der Waals surface area contributed by atoms with Crippen molar-refractivity contribution in [3.05, 3.63) is 126 Å². The zero-order valence-corrected chi connectivity index (χ0v) is 21.3. The number of rotatable bonds is 9. The molecule has 1 aromatic heterocycles. The molecule has 0 aliphatic heterocycles. The number of aromatic nitrogens is 1. The molecule has 0 fully saturated rings. The number of para-hydroxylation sites is 1. The number of fused-ring (bicyclic) bond motifs is 1. The molecule has 7 heteroatoms. The van der Waals surface area contributed by atoms with Gasteiger partial charge in [-0.15, -0.1) is 0 Å². The molecule has 0 unspecified atom stereocenters. The van der Waals surface area contributed by atoms with Gasteiger partial charge in [0, 0.05) is 19.3 Å². The lowest BCUT2D eigenvalue weighted by molar-refractivity contribution is -0.117. The number of pyridine rings is 1. The van der Waals surface area contributed by atoms with Crippen molar-refractivity contribution in [2.45, 2.75) is 13.0 Å². The predicted octanol–water partition coefficient (Wildman–Crippen LogP) is 6.51. The quantitative estimate of drug-likeness (QED) is 0.239. The number of likely N-dealkylation sites (N-methyl/N-ethyl adjacent to an activating group) is 1. The molecule has 0 aliphatic rings. The molecule has 0 radical (unpaired) electrons. The van der Waals surface area contributed by atoms with Gasteiger partial charge in [0.1, 0.15) is 18.1 Å². The highest BCUT2D eigenvalue weighted by Gasteiger charge is 2.18. The molecular formula is C32H26N2O5. The highest BCUT2D eigenvalue weighted by Crippen LogP contribution is 2.28. The zero-order chi connectivity index (χ0) is 27.2. The van der Waals surface area contributed by atoms with Crippen LogP contribution in [0.15, 0.2) is 109 Å². The Bertz CT molecular complexity index is 1620. The van der Waals surface area contributed by atoms with Gasteiger partial charge >= 0.3 is 5.97 Å². The second kappa shape index (κ2) is 11.5. The first-order valence-corrected chi connectivity index (χ1v) is 12.4. The van der Waals surface area contributed by atoms with E-state index in [0.717, 1.165) is 22.1 Å². The molecule has 4 aromatic carbocycles. The predicted molar refractivity (Wildman–Crippen MR) is 150 cm³/mol. The van der Waals surface area contributed by atoms with Crippen LogP contribution in [0.4, 0.5) is 5.69 Å². The van der Waals surface area contributed by atoms with Gasteiger partial charge in [0.15, 0.2) is 0 Å². The molecule has 1 N–H and O–H groups in total. The number of carboxylic acid groups (broad SMARTS) is 1. The van der Waals surface area contributed by atoms with Gasteiger partial charge in [-0.25, -0.2) is 9.78 Å². The minimum Gasteiger partial charge on any atom is -0.489 e. The number of hydrogen-bond acceptors (Lipinski definition) is 5. The highest BCUT2D eigenvalue weighted by molar-refractivity contribution is 6.02. The third-order valence-corrected chi connectivity index (χ3v) is 6.28. The van der Waals surface area contributed by atoms with Crippen LogP contribution in [0, 0.1) is 0 Å². The van der Waals surface area contributed by atoms with Crippen LogP contribution in [0.2, 0.25) is 0 Å². The van der Waals surface area contributed by atoms with E-state index in [-0.39, 0.29) is 17.9 Å². The molecule has 5 rings (SSSR count). The number of hydrogen-bond donors (Lipinski definition) is 1. The van der Waals surface area contributed by atoms with Crippen LogP contribution < -0.4 is 14.4 Å². The van der Waals surface area contributed by atoms with Crippen molar-refractivity contribution in [3.63, 3.8) is 0 Å². The van der Waals surface area contributed by atoms with Crippen LogP contribution in [0.3, 0.4) is 0 Å². The summed E-state index contributed by atoms with van der Waals surface area (Å²) in [6.07, 6.45) is 1.66. The second-order valence-electron chi connectivity index (χ2n) is 9.00. The number of benzene rings is 4. The summed E-state index contributed by atoms with van der Waals surface area (Å²) in [4.78, 5) is 30.0. The summed E-state index contributed by atoms with van der Waals surface area (Å²) in [5.41, 5.74) is 2.21. The molecule has 0 saturated carbocycles. The average Bonchev–Trinajstić information content (AvgIpc) is 2.97. The highest BCUT2D eigenvalue weighted by atomic mass is 16.5. The van der Waals surface area contributed by atoms with Crippen molar-refractivity contribution in [3.8, 4) is 17.4 Å². The van der Waals surface area contributed by atoms with Crippen molar-refractivity contribution in [2.24, 2.45) is 0 Å². The van der Waals surface area contributed by atoms with Crippen LogP contribution in [-0.4, -0.2) is 29.0 Å². The molecule has 194 valence electrons. The summed E-state index contributed by atoms with van der Waals surface area (Å²) in [7, 11) is 1.56. The third kappa shape index (κ3) is 6.22. The molecule has 5 aromatic rings.